The van der Waals surface area contributed by atoms with E-state index in [1.54, 1.807) is 13.2 Å². The summed E-state index contributed by atoms with van der Waals surface area (Å²) in [5.74, 6) is 1.20. The lowest BCUT2D eigenvalue weighted by molar-refractivity contribution is 0.0949. The van der Waals surface area contributed by atoms with E-state index in [9.17, 15) is 4.79 Å². The monoisotopic (exact) mass is 388 g/mol. The first-order valence-corrected chi connectivity index (χ1v) is 9.76. The van der Waals surface area contributed by atoms with Crippen molar-refractivity contribution in [2.75, 3.05) is 25.1 Å². The van der Waals surface area contributed by atoms with Gasteiger partial charge in [0.15, 0.2) is 0 Å². The number of nitrogens with one attached hydrogen (secondary N) is 1. The lowest BCUT2D eigenvalue weighted by Crippen LogP contribution is -2.28. The molecule has 3 aromatic rings. The van der Waals surface area contributed by atoms with Gasteiger partial charge in [0.1, 0.15) is 11.4 Å². The maximum absolute atomic E-state index is 12.7. The SMILES string of the molecule is COc1cccc(CCNC(=O)c2cc(C)nc(N3CCc4ccccc43)n2)c1. The minimum absolute atomic E-state index is 0.188. The molecular weight excluding hydrogens is 364 g/mol. The predicted octanol–water partition coefficient (Wildman–Crippen LogP) is 3.46. The maximum atomic E-state index is 12.7. The summed E-state index contributed by atoms with van der Waals surface area (Å²) < 4.78 is 5.24. The first kappa shape index (κ1) is 18.9. The Labute approximate surface area is 170 Å². The number of carbonyl (C=O) groups excluding carboxylic acids is 1. The number of hydrogen-bond donors (Lipinski definition) is 1. The highest BCUT2D eigenvalue weighted by Crippen LogP contribution is 2.32. The quantitative estimate of drug-likeness (QED) is 0.700. The van der Waals surface area contributed by atoms with Crippen LogP contribution in [0.25, 0.3) is 0 Å². The number of carbonyl (C=O) groups is 1. The van der Waals surface area contributed by atoms with Crippen molar-refractivity contribution in [3.8, 4) is 5.75 Å². The number of anilines is 2. The highest BCUT2D eigenvalue weighted by Gasteiger charge is 2.23. The van der Waals surface area contributed by atoms with E-state index in [2.05, 4.69) is 32.3 Å². The van der Waals surface area contributed by atoms with E-state index in [1.807, 2.05) is 43.3 Å². The molecule has 0 atom stereocenters. The first-order valence-electron chi connectivity index (χ1n) is 9.76. The summed E-state index contributed by atoms with van der Waals surface area (Å²) in [5.41, 5.74) is 4.67. The van der Waals surface area contributed by atoms with Crippen LogP contribution < -0.4 is 15.0 Å². The van der Waals surface area contributed by atoms with Gasteiger partial charge in [-0.1, -0.05) is 30.3 Å². The third-order valence-electron chi connectivity index (χ3n) is 5.04. The van der Waals surface area contributed by atoms with Crippen LogP contribution in [0.2, 0.25) is 0 Å². The highest BCUT2D eigenvalue weighted by atomic mass is 16.5. The van der Waals surface area contributed by atoms with E-state index in [0.29, 0.717) is 18.2 Å². The minimum Gasteiger partial charge on any atom is -0.497 e. The largest absolute Gasteiger partial charge is 0.497 e. The van der Waals surface area contributed by atoms with Crippen molar-refractivity contribution in [2.45, 2.75) is 19.8 Å². The molecule has 0 saturated carbocycles. The molecule has 1 N–H and O–H groups in total. The third-order valence-corrected chi connectivity index (χ3v) is 5.04. The molecule has 2 heterocycles. The van der Waals surface area contributed by atoms with Gasteiger partial charge < -0.3 is 15.0 Å². The van der Waals surface area contributed by atoms with Crippen LogP contribution >= 0.6 is 0 Å². The van der Waals surface area contributed by atoms with Crippen molar-refractivity contribution in [3.63, 3.8) is 0 Å². The number of aryl methyl sites for hydroxylation is 1. The van der Waals surface area contributed by atoms with Crippen LogP contribution in [0, 0.1) is 6.92 Å². The summed E-state index contributed by atoms with van der Waals surface area (Å²) in [4.78, 5) is 23.9. The van der Waals surface area contributed by atoms with E-state index in [1.165, 1.54) is 5.56 Å². The van der Waals surface area contributed by atoms with Gasteiger partial charge in [0.25, 0.3) is 5.91 Å². The van der Waals surface area contributed by atoms with Crippen molar-refractivity contribution in [1.29, 1.82) is 0 Å². The smallest absolute Gasteiger partial charge is 0.270 e. The van der Waals surface area contributed by atoms with Crippen molar-refractivity contribution < 1.29 is 9.53 Å². The molecule has 0 aliphatic carbocycles. The number of methoxy groups -OCH3 is 1. The topological polar surface area (TPSA) is 67.3 Å². The van der Waals surface area contributed by atoms with Crippen molar-refractivity contribution in [3.05, 3.63) is 77.1 Å². The molecule has 1 aliphatic heterocycles. The van der Waals surface area contributed by atoms with Gasteiger partial charge in [-0.2, -0.15) is 0 Å². The second-order valence-corrected chi connectivity index (χ2v) is 7.08. The molecule has 1 aliphatic rings. The number of fused-ring (bicyclic) bond motifs is 1. The second kappa shape index (κ2) is 8.31. The van der Waals surface area contributed by atoms with Gasteiger partial charge in [-0.25, -0.2) is 9.97 Å². The van der Waals surface area contributed by atoms with Crippen molar-refractivity contribution in [2.24, 2.45) is 0 Å². The number of amides is 1. The molecule has 1 amide bonds. The lowest BCUT2D eigenvalue weighted by Gasteiger charge is -2.18. The Morgan fingerprint density at radius 1 is 1.14 bits per heavy atom. The molecule has 0 bridgehead atoms. The molecule has 6 nitrogen and oxygen atoms in total. The second-order valence-electron chi connectivity index (χ2n) is 7.08. The number of benzene rings is 2. The van der Waals surface area contributed by atoms with Crippen LogP contribution in [-0.2, 0) is 12.8 Å². The van der Waals surface area contributed by atoms with Gasteiger partial charge >= 0.3 is 0 Å². The normalized spacial score (nSPS) is 12.6. The van der Waals surface area contributed by atoms with E-state index < -0.39 is 0 Å². The van der Waals surface area contributed by atoms with Crippen LogP contribution in [0.3, 0.4) is 0 Å². The number of nitrogens with zero attached hydrogens (tertiary/aromatic N) is 3. The fourth-order valence-electron chi connectivity index (χ4n) is 3.57. The van der Waals surface area contributed by atoms with Gasteiger partial charge in [-0.3, -0.25) is 4.79 Å². The Morgan fingerprint density at radius 2 is 2.00 bits per heavy atom. The summed E-state index contributed by atoms with van der Waals surface area (Å²) in [6.07, 6.45) is 1.68. The van der Waals surface area contributed by atoms with Gasteiger partial charge in [-0.05, 0) is 55.2 Å². The van der Waals surface area contributed by atoms with Gasteiger partial charge in [-0.15, -0.1) is 0 Å². The molecule has 0 saturated heterocycles. The van der Waals surface area contributed by atoms with E-state index in [0.717, 1.165) is 42.1 Å². The average Bonchev–Trinajstić information content (AvgIpc) is 3.17. The lowest BCUT2D eigenvalue weighted by atomic mass is 10.1. The fourth-order valence-corrected chi connectivity index (χ4v) is 3.57. The number of para-hydroxylation sites is 1. The summed E-state index contributed by atoms with van der Waals surface area (Å²) in [7, 11) is 1.65. The zero-order valence-electron chi connectivity index (χ0n) is 16.7. The van der Waals surface area contributed by atoms with Crippen LogP contribution in [0.5, 0.6) is 5.75 Å². The van der Waals surface area contributed by atoms with E-state index in [-0.39, 0.29) is 5.91 Å². The Morgan fingerprint density at radius 3 is 2.86 bits per heavy atom. The van der Waals surface area contributed by atoms with Crippen LogP contribution in [0.1, 0.15) is 27.3 Å². The highest BCUT2D eigenvalue weighted by molar-refractivity contribution is 5.92. The number of ether oxygens (including phenoxy) is 1. The molecule has 29 heavy (non-hydrogen) atoms. The summed E-state index contributed by atoms with van der Waals surface area (Å²) in [6.45, 7) is 3.23. The van der Waals surface area contributed by atoms with Gasteiger partial charge in [0, 0.05) is 24.5 Å². The standard InChI is InChI=1S/C23H24N4O2/c1-16-14-20(22(28)24-12-10-17-6-5-8-19(15-17)29-2)26-23(25-16)27-13-11-18-7-3-4-9-21(18)27/h3-9,14-15H,10-13H2,1-2H3,(H,24,28). The molecule has 4 rings (SSSR count). The third kappa shape index (κ3) is 4.21. The van der Waals surface area contributed by atoms with Crippen molar-refractivity contribution >= 4 is 17.5 Å². The number of hydrogen-bond acceptors (Lipinski definition) is 5. The maximum Gasteiger partial charge on any atom is 0.270 e. The Bertz CT molecular complexity index is 1030. The van der Waals surface area contributed by atoms with Gasteiger partial charge in [0.2, 0.25) is 5.95 Å². The molecule has 6 heteroatoms. The molecule has 148 valence electrons. The average molecular weight is 388 g/mol. The zero-order valence-corrected chi connectivity index (χ0v) is 16.7. The van der Waals surface area contributed by atoms with Crippen LogP contribution in [0.15, 0.2) is 54.6 Å². The Balaban J connectivity index is 1.45. The van der Waals surface area contributed by atoms with E-state index >= 15 is 0 Å². The van der Waals surface area contributed by atoms with Gasteiger partial charge in [0.05, 0.1) is 7.11 Å². The minimum atomic E-state index is -0.188. The van der Waals surface area contributed by atoms with Crippen LogP contribution in [-0.4, -0.2) is 36.1 Å². The summed E-state index contributed by atoms with van der Waals surface area (Å²) in [6, 6.07) is 17.8. The Kier molecular flexibility index (Phi) is 5.42. The molecule has 0 unspecified atom stereocenters. The molecule has 1 aromatic heterocycles. The first-order chi connectivity index (χ1) is 14.1. The summed E-state index contributed by atoms with van der Waals surface area (Å²) >= 11 is 0. The Hall–Kier alpha value is -3.41. The number of rotatable bonds is 6. The number of aromatic nitrogens is 2. The van der Waals surface area contributed by atoms with Crippen molar-refractivity contribution in [1.82, 2.24) is 15.3 Å². The fraction of sp³-hybridized carbons (Fsp3) is 0.261. The predicted molar refractivity (Wildman–Crippen MR) is 113 cm³/mol. The van der Waals surface area contributed by atoms with Crippen LogP contribution in [0.4, 0.5) is 11.6 Å². The molecular formula is C23H24N4O2. The molecule has 0 fully saturated rings. The summed E-state index contributed by atoms with van der Waals surface area (Å²) in [5, 5.41) is 2.96. The molecule has 2 aromatic carbocycles. The van der Waals surface area contributed by atoms with E-state index in [4.69, 9.17) is 4.74 Å². The zero-order chi connectivity index (χ0) is 20.2. The molecule has 0 spiro atoms. The molecule has 0 radical (unpaired) electrons.